The van der Waals surface area contributed by atoms with Gasteiger partial charge in [-0.15, -0.1) is 0 Å². The summed E-state index contributed by atoms with van der Waals surface area (Å²) in [6.45, 7) is 12.2. The molecule has 14 heavy (non-hydrogen) atoms. The highest BCUT2D eigenvalue weighted by Crippen LogP contribution is 1.92. The molecular formula is C11H24N2O. The lowest BCUT2D eigenvalue weighted by Crippen LogP contribution is -2.31. The Balaban J connectivity index is 3.41. The molecule has 0 saturated heterocycles. The Kier molecular flexibility index (Phi) is 7.48. The highest BCUT2D eigenvalue weighted by Gasteiger charge is 2.05. The molecule has 0 aromatic carbocycles. The summed E-state index contributed by atoms with van der Waals surface area (Å²) in [6, 6.07) is 0. The number of nitrogens with one attached hydrogen (secondary N) is 1. The van der Waals surface area contributed by atoms with Crippen molar-refractivity contribution in [3.05, 3.63) is 0 Å². The lowest BCUT2D eigenvalue weighted by atomic mass is 10.2. The minimum absolute atomic E-state index is 0.100. The summed E-state index contributed by atoms with van der Waals surface area (Å²) in [5.41, 5.74) is 0. The molecule has 3 heteroatoms. The fourth-order valence-electron chi connectivity index (χ4n) is 1.26. The second kappa shape index (κ2) is 7.80. The summed E-state index contributed by atoms with van der Waals surface area (Å²) < 4.78 is 0. The molecule has 0 rings (SSSR count). The van der Waals surface area contributed by atoms with E-state index in [1.54, 1.807) is 0 Å². The van der Waals surface area contributed by atoms with Crippen molar-refractivity contribution in [2.75, 3.05) is 26.2 Å². The number of rotatable bonds is 7. The average Bonchev–Trinajstić information content (AvgIpc) is 2.17. The lowest BCUT2D eigenvalue weighted by Gasteiger charge is -2.17. The number of hydrogen-bond acceptors (Lipinski definition) is 2. The van der Waals surface area contributed by atoms with Crippen LogP contribution in [0.2, 0.25) is 0 Å². The second-order valence-electron chi connectivity index (χ2n) is 3.83. The van der Waals surface area contributed by atoms with Gasteiger partial charge in [0.2, 0.25) is 5.91 Å². The first-order valence-electron chi connectivity index (χ1n) is 5.61. The molecule has 0 spiro atoms. The third-order valence-corrected chi connectivity index (χ3v) is 2.37. The summed E-state index contributed by atoms with van der Waals surface area (Å²) >= 11 is 0. The van der Waals surface area contributed by atoms with Crippen molar-refractivity contribution >= 4 is 5.91 Å². The number of carbonyl (C=O) groups excluding carboxylic acids is 1. The van der Waals surface area contributed by atoms with Crippen LogP contribution in [0.4, 0.5) is 0 Å². The number of carbonyl (C=O) groups is 1. The van der Waals surface area contributed by atoms with Gasteiger partial charge in [0.25, 0.3) is 0 Å². The maximum atomic E-state index is 11.2. The highest BCUT2D eigenvalue weighted by molar-refractivity contribution is 5.77. The fourth-order valence-corrected chi connectivity index (χ4v) is 1.26. The van der Waals surface area contributed by atoms with E-state index in [0.29, 0.717) is 0 Å². The van der Waals surface area contributed by atoms with Crippen molar-refractivity contribution in [2.45, 2.75) is 34.1 Å². The summed E-state index contributed by atoms with van der Waals surface area (Å²) in [6.07, 6.45) is 1.04. The van der Waals surface area contributed by atoms with E-state index in [9.17, 15) is 4.79 Å². The van der Waals surface area contributed by atoms with Gasteiger partial charge >= 0.3 is 0 Å². The van der Waals surface area contributed by atoms with Crippen LogP contribution in [0.3, 0.4) is 0 Å². The molecule has 0 saturated carbocycles. The standard InChI is InChI=1S/C11H24N2O/c1-5-13(6-2)9-7-8-12-11(14)10(3)4/h10H,5-9H2,1-4H3,(H,12,14). The first-order chi connectivity index (χ1) is 6.61. The van der Waals surface area contributed by atoms with Crippen LogP contribution in [0.15, 0.2) is 0 Å². The SMILES string of the molecule is CCN(CC)CCCNC(=O)C(C)C. The molecule has 0 aliphatic heterocycles. The van der Waals surface area contributed by atoms with Crippen LogP contribution in [0.25, 0.3) is 0 Å². The zero-order chi connectivity index (χ0) is 11.0. The zero-order valence-corrected chi connectivity index (χ0v) is 9.97. The second-order valence-corrected chi connectivity index (χ2v) is 3.83. The molecule has 0 aromatic rings. The lowest BCUT2D eigenvalue weighted by molar-refractivity contribution is -0.123. The molecule has 0 bridgehead atoms. The molecule has 0 atom stereocenters. The van der Waals surface area contributed by atoms with E-state index >= 15 is 0 Å². The zero-order valence-electron chi connectivity index (χ0n) is 9.97. The highest BCUT2D eigenvalue weighted by atomic mass is 16.1. The molecule has 0 aromatic heterocycles. The maximum absolute atomic E-state index is 11.2. The molecule has 3 nitrogen and oxygen atoms in total. The van der Waals surface area contributed by atoms with E-state index in [1.165, 1.54) is 0 Å². The van der Waals surface area contributed by atoms with Gasteiger partial charge in [-0.3, -0.25) is 4.79 Å². The number of nitrogens with zero attached hydrogens (tertiary/aromatic N) is 1. The van der Waals surface area contributed by atoms with Crippen LogP contribution in [0.5, 0.6) is 0 Å². The smallest absolute Gasteiger partial charge is 0.222 e. The third-order valence-electron chi connectivity index (χ3n) is 2.37. The van der Waals surface area contributed by atoms with Gasteiger partial charge in [0.1, 0.15) is 0 Å². The van der Waals surface area contributed by atoms with Gasteiger partial charge in [-0.2, -0.15) is 0 Å². The van der Waals surface area contributed by atoms with Crippen LogP contribution in [0, 0.1) is 5.92 Å². The first kappa shape index (κ1) is 13.4. The third kappa shape index (κ3) is 5.97. The van der Waals surface area contributed by atoms with Gasteiger partial charge in [-0.25, -0.2) is 0 Å². The topological polar surface area (TPSA) is 32.3 Å². The fraction of sp³-hybridized carbons (Fsp3) is 0.909. The van der Waals surface area contributed by atoms with Crippen molar-refractivity contribution in [2.24, 2.45) is 5.92 Å². The largest absolute Gasteiger partial charge is 0.356 e. The predicted molar refractivity (Wildman–Crippen MR) is 60.3 cm³/mol. The summed E-state index contributed by atoms with van der Waals surface area (Å²) in [7, 11) is 0. The summed E-state index contributed by atoms with van der Waals surface area (Å²) in [5, 5.41) is 2.92. The molecule has 1 N–H and O–H groups in total. The minimum atomic E-state index is 0.100. The van der Waals surface area contributed by atoms with Crippen molar-refractivity contribution < 1.29 is 4.79 Å². The summed E-state index contributed by atoms with van der Waals surface area (Å²) in [5.74, 6) is 0.257. The Morgan fingerprint density at radius 2 is 1.86 bits per heavy atom. The molecule has 0 heterocycles. The van der Waals surface area contributed by atoms with E-state index in [1.807, 2.05) is 13.8 Å². The van der Waals surface area contributed by atoms with E-state index in [0.717, 1.165) is 32.6 Å². The molecule has 0 aliphatic carbocycles. The summed E-state index contributed by atoms with van der Waals surface area (Å²) in [4.78, 5) is 13.6. The van der Waals surface area contributed by atoms with E-state index < -0.39 is 0 Å². The van der Waals surface area contributed by atoms with Crippen LogP contribution in [-0.4, -0.2) is 37.0 Å². The first-order valence-corrected chi connectivity index (χ1v) is 5.61. The van der Waals surface area contributed by atoms with Crippen LogP contribution in [0.1, 0.15) is 34.1 Å². The normalized spacial score (nSPS) is 11.0. The molecule has 0 unspecified atom stereocenters. The Hall–Kier alpha value is -0.570. The van der Waals surface area contributed by atoms with E-state index in [-0.39, 0.29) is 11.8 Å². The molecule has 0 radical (unpaired) electrons. The van der Waals surface area contributed by atoms with Crippen molar-refractivity contribution in [3.8, 4) is 0 Å². The van der Waals surface area contributed by atoms with Gasteiger partial charge < -0.3 is 10.2 Å². The van der Waals surface area contributed by atoms with Gasteiger partial charge in [0.15, 0.2) is 0 Å². The Morgan fingerprint density at radius 3 is 2.29 bits per heavy atom. The van der Waals surface area contributed by atoms with Crippen molar-refractivity contribution in [1.29, 1.82) is 0 Å². The van der Waals surface area contributed by atoms with Gasteiger partial charge in [-0.05, 0) is 26.1 Å². The monoisotopic (exact) mass is 200 g/mol. The van der Waals surface area contributed by atoms with Crippen molar-refractivity contribution in [3.63, 3.8) is 0 Å². The molecule has 0 fully saturated rings. The molecular weight excluding hydrogens is 176 g/mol. The van der Waals surface area contributed by atoms with E-state index in [2.05, 4.69) is 24.1 Å². The molecule has 1 amide bonds. The van der Waals surface area contributed by atoms with Gasteiger partial charge in [0, 0.05) is 12.5 Å². The predicted octanol–water partition coefficient (Wildman–Crippen LogP) is 1.49. The van der Waals surface area contributed by atoms with Gasteiger partial charge in [-0.1, -0.05) is 27.7 Å². The van der Waals surface area contributed by atoms with Crippen molar-refractivity contribution in [1.82, 2.24) is 10.2 Å². The number of amides is 1. The Labute approximate surface area is 87.9 Å². The van der Waals surface area contributed by atoms with Crippen LogP contribution >= 0.6 is 0 Å². The maximum Gasteiger partial charge on any atom is 0.222 e. The molecule has 84 valence electrons. The van der Waals surface area contributed by atoms with Gasteiger partial charge in [0.05, 0.1) is 0 Å². The van der Waals surface area contributed by atoms with Crippen LogP contribution in [-0.2, 0) is 4.79 Å². The quantitative estimate of drug-likeness (QED) is 0.632. The van der Waals surface area contributed by atoms with E-state index in [4.69, 9.17) is 0 Å². The Morgan fingerprint density at radius 1 is 1.29 bits per heavy atom. The minimum Gasteiger partial charge on any atom is -0.356 e. The average molecular weight is 200 g/mol. The number of hydrogen-bond donors (Lipinski definition) is 1. The molecule has 0 aliphatic rings. The van der Waals surface area contributed by atoms with Crippen LogP contribution < -0.4 is 5.32 Å². The Bertz CT molecular complexity index is 153.